The molecular formula is C17H21BrN6O. The van der Waals surface area contributed by atoms with Gasteiger partial charge in [0.15, 0.2) is 0 Å². The third kappa shape index (κ3) is 4.26. The van der Waals surface area contributed by atoms with Crippen molar-refractivity contribution in [1.29, 1.82) is 0 Å². The highest BCUT2D eigenvalue weighted by atomic mass is 79.9. The molecule has 25 heavy (non-hydrogen) atoms. The fraction of sp³-hybridized carbons (Fsp3) is 0.353. The molecule has 3 rings (SSSR count). The fourth-order valence-corrected chi connectivity index (χ4v) is 2.98. The fourth-order valence-electron chi connectivity index (χ4n) is 2.65. The van der Waals surface area contributed by atoms with Gasteiger partial charge in [-0.05, 0) is 53.9 Å². The number of benzene rings is 1. The molecule has 4 bridgehead atoms. The van der Waals surface area contributed by atoms with Gasteiger partial charge in [0.25, 0.3) is 0 Å². The van der Waals surface area contributed by atoms with Gasteiger partial charge in [-0.25, -0.2) is 4.98 Å². The lowest BCUT2D eigenvalue weighted by Crippen LogP contribution is -2.42. The molecule has 0 fully saturated rings. The Balaban J connectivity index is 1.96. The molecule has 1 aliphatic heterocycles. The van der Waals surface area contributed by atoms with E-state index >= 15 is 0 Å². The first-order valence-corrected chi connectivity index (χ1v) is 9.04. The molecule has 1 unspecified atom stereocenters. The third-order valence-corrected chi connectivity index (χ3v) is 4.49. The summed E-state index contributed by atoms with van der Waals surface area (Å²) < 4.78 is 0.815. The van der Waals surface area contributed by atoms with E-state index in [1.807, 2.05) is 24.3 Å². The first-order chi connectivity index (χ1) is 12.0. The van der Waals surface area contributed by atoms with Gasteiger partial charge in [-0.1, -0.05) is 6.07 Å². The van der Waals surface area contributed by atoms with Crippen molar-refractivity contribution in [3.63, 3.8) is 0 Å². The molecule has 1 aliphatic rings. The SMILES string of the molecule is CC(N)C(=O)N1CCCCNc2nc(ncc2Br)Nc2cccc1c2. The number of aromatic nitrogens is 2. The van der Waals surface area contributed by atoms with Crippen molar-refractivity contribution in [3.05, 3.63) is 34.9 Å². The molecule has 0 spiro atoms. The largest absolute Gasteiger partial charge is 0.369 e. The van der Waals surface area contributed by atoms with Crippen molar-refractivity contribution in [2.45, 2.75) is 25.8 Å². The third-order valence-electron chi connectivity index (χ3n) is 3.91. The molecule has 1 atom stereocenters. The van der Waals surface area contributed by atoms with Gasteiger partial charge in [-0.3, -0.25) is 4.79 Å². The van der Waals surface area contributed by atoms with Crippen LogP contribution in [0.15, 0.2) is 34.9 Å². The Morgan fingerprint density at radius 3 is 3.04 bits per heavy atom. The minimum atomic E-state index is -0.542. The number of halogens is 1. The van der Waals surface area contributed by atoms with Crippen LogP contribution in [0.5, 0.6) is 0 Å². The molecule has 1 aromatic heterocycles. The van der Waals surface area contributed by atoms with E-state index in [1.54, 1.807) is 18.0 Å². The van der Waals surface area contributed by atoms with E-state index in [0.29, 0.717) is 12.5 Å². The van der Waals surface area contributed by atoms with Crippen LogP contribution in [0.25, 0.3) is 0 Å². The van der Waals surface area contributed by atoms with Crippen LogP contribution in [0.2, 0.25) is 0 Å². The first-order valence-electron chi connectivity index (χ1n) is 8.25. The van der Waals surface area contributed by atoms with Crippen LogP contribution in [0.1, 0.15) is 19.8 Å². The predicted molar refractivity (Wildman–Crippen MR) is 103 cm³/mol. The number of hydrogen-bond acceptors (Lipinski definition) is 6. The van der Waals surface area contributed by atoms with E-state index in [1.165, 1.54) is 0 Å². The van der Waals surface area contributed by atoms with Crippen LogP contribution in [0, 0.1) is 0 Å². The minimum absolute atomic E-state index is 0.0838. The molecule has 0 aliphatic carbocycles. The molecule has 2 heterocycles. The van der Waals surface area contributed by atoms with E-state index in [0.717, 1.165) is 41.1 Å². The smallest absolute Gasteiger partial charge is 0.243 e. The van der Waals surface area contributed by atoms with Gasteiger partial charge < -0.3 is 21.3 Å². The van der Waals surface area contributed by atoms with Crippen LogP contribution in [0.4, 0.5) is 23.1 Å². The second-order valence-electron chi connectivity index (χ2n) is 5.98. The number of amides is 1. The molecule has 0 saturated carbocycles. The predicted octanol–water partition coefficient (Wildman–Crippen LogP) is 2.87. The van der Waals surface area contributed by atoms with Crippen molar-refractivity contribution in [2.24, 2.45) is 5.73 Å². The van der Waals surface area contributed by atoms with Crippen LogP contribution in [-0.4, -0.2) is 35.0 Å². The summed E-state index contributed by atoms with van der Waals surface area (Å²) in [6, 6.07) is 7.10. The molecule has 1 amide bonds. The highest BCUT2D eigenvalue weighted by Crippen LogP contribution is 2.25. The number of rotatable bonds is 1. The number of nitrogens with zero attached hydrogens (tertiary/aromatic N) is 3. The van der Waals surface area contributed by atoms with Gasteiger partial charge in [0, 0.05) is 30.7 Å². The highest BCUT2D eigenvalue weighted by molar-refractivity contribution is 9.10. The average molecular weight is 405 g/mol. The van der Waals surface area contributed by atoms with Crippen LogP contribution < -0.4 is 21.3 Å². The Labute approximate surface area is 155 Å². The molecule has 4 N–H and O–H groups in total. The quantitative estimate of drug-likeness (QED) is 0.675. The van der Waals surface area contributed by atoms with Gasteiger partial charge in [-0.2, -0.15) is 4.98 Å². The van der Waals surface area contributed by atoms with E-state index in [-0.39, 0.29) is 5.91 Å². The molecule has 7 nitrogen and oxygen atoms in total. The minimum Gasteiger partial charge on any atom is -0.369 e. The molecule has 2 aromatic rings. The maximum atomic E-state index is 12.5. The van der Waals surface area contributed by atoms with Gasteiger partial charge in [0.1, 0.15) is 5.82 Å². The molecule has 0 radical (unpaired) electrons. The van der Waals surface area contributed by atoms with Crippen LogP contribution in [-0.2, 0) is 4.79 Å². The molecule has 1 aromatic carbocycles. The monoisotopic (exact) mass is 404 g/mol. The molecule has 0 saturated heterocycles. The maximum absolute atomic E-state index is 12.5. The number of anilines is 4. The first kappa shape index (κ1) is 17.6. The highest BCUT2D eigenvalue weighted by Gasteiger charge is 2.19. The van der Waals surface area contributed by atoms with Gasteiger partial charge in [-0.15, -0.1) is 0 Å². The normalized spacial score (nSPS) is 15.7. The Morgan fingerprint density at radius 1 is 1.40 bits per heavy atom. The standard InChI is InChI=1S/C17H21BrN6O/c1-11(19)16(25)24-8-3-2-7-20-15-14(18)10-21-17(23-15)22-12-5-4-6-13(24)9-12/h4-6,9-11H,2-3,7-8,19H2,1H3,(H2,20,21,22,23). The Bertz CT molecular complexity index is 767. The summed E-state index contributed by atoms with van der Waals surface area (Å²) in [6.07, 6.45) is 3.48. The molecular weight excluding hydrogens is 384 g/mol. The number of hydrogen-bond donors (Lipinski definition) is 3. The summed E-state index contributed by atoms with van der Waals surface area (Å²) in [6.45, 7) is 3.09. The summed E-state index contributed by atoms with van der Waals surface area (Å²) in [5, 5.41) is 6.48. The topological polar surface area (TPSA) is 96.2 Å². The van der Waals surface area contributed by atoms with E-state index in [9.17, 15) is 4.79 Å². The zero-order valence-electron chi connectivity index (χ0n) is 14.0. The number of nitrogens with two attached hydrogens (primary N) is 1. The second-order valence-corrected chi connectivity index (χ2v) is 6.83. The maximum Gasteiger partial charge on any atom is 0.243 e. The Kier molecular flexibility index (Phi) is 5.50. The van der Waals surface area contributed by atoms with Crippen molar-refractivity contribution in [1.82, 2.24) is 9.97 Å². The zero-order valence-corrected chi connectivity index (χ0v) is 15.6. The molecule has 8 heteroatoms. The lowest BCUT2D eigenvalue weighted by molar-refractivity contribution is -0.119. The Hall–Kier alpha value is -2.19. The number of nitrogens with one attached hydrogen (secondary N) is 2. The van der Waals surface area contributed by atoms with E-state index < -0.39 is 6.04 Å². The van der Waals surface area contributed by atoms with Crippen molar-refractivity contribution >= 4 is 45.0 Å². The van der Waals surface area contributed by atoms with Crippen LogP contribution in [0.3, 0.4) is 0 Å². The summed E-state index contributed by atoms with van der Waals surface area (Å²) >= 11 is 3.46. The van der Waals surface area contributed by atoms with Crippen molar-refractivity contribution in [2.75, 3.05) is 28.6 Å². The average Bonchev–Trinajstić information content (AvgIpc) is 2.60. The Morgan fingerprint density at radius 2 is 2.24 bits per heavy atom. The number of fused-ring (bicyclic) bond motifs is 4. The van der Waals surface area contributed by atoms with Crippen molar-refractivity contribution < 1.29 is 4.79 Å². The van der Waals surface area contributed by atoms with Crippen LogP contribution >= 0.6 is 15.9 Å². The molecule has 132 valence electrons. The van der Waals surface area contributed by atoms with Gasteiger partial charge >= 0.3 is 0 Å². The van der Waals surface area contributed by atoms with Crippen molar-refractivity contribution in [3.8, 4) is 0 Å². The number of carbonyl (C=O) groups excluding carboxylic acids is 1. The van der Waals surface area contributed by atoms with Gasteiger partial charge in [0.2, 0.25) is 11.9 Å². The summed E-state index contributed by atoms with van der Waals surface area (Å²) in [5.74, 6) is 1.16. The van der Waals surface area contributed by atoms with E-state index in [4.69, 9.17) is 5.73 Å². The summed E-state index contributed by atoms with van der Waals surface area (Å²) in [4.78, 5) is 23.0. The van der Waals surface area contributed by atoms with E-state index in [2.05, 4.69) is 36.5 Å². The second kappa shape index (κ2) is 7.79. The lowest BCUT2D eigenvalue weighted by Gasteiger charge is -2.25. The number of carbonyl (C=O) groups is 1. The zero-order chi connectivity index (χ0) is 17.8. The summed E-state index contributed by atoms with van der Waals surface area (Å²) in [5.41, 5.74) is 7.46. The van der Waals surface area contributed by atoms with Gasteiger partial charge in [0.05, 0.1) is 10.5 Å². The lowest BCUT2D eigenvalue weighted by atomic mass is 10.2. The summed E-state index contributed by atoms with van der Waals surface area (Å²) in [7, 11) is 0.